The number of carbonyl (C=O) groups is 2. The van der Waals surface area contributed by atoms with Crippen LogP contribution in [0.4, 0.5) is 0 Å². The largest absolute Gasteiger partial charge is 0.481 e. The molecule has 0 heterocycles. The van der Waals surface area contributed by atoms with E-state index in [-0.39, 0.29) is 13.2 Å². The molecule has 0 rings (SSSR count). The van der Waals surface area contributed by atoms with E-state index >= 15 is 0 Å². The summed E-state index contributed by atoms with van der Waals surface area (Å²) in [4.78, 5) is 22.1. The SMILES string of the molecule is CCCCCCC(CCCCCCCCCCC(=O)O)C(C)=O.OCC(O)CO. The Morgan fingerprint density at radius 2 is 1.14 bits per heavy atom. The fourth-order valence-electron chi connectivity index (χ4n) is 3.15. The number of aliphatic hydroxyl groups is 3. The summed E-state index contributed by atoms with van der Waals surface area (Å²) in [7, 11) is 0. The molecule has 0 aliphatic rings. The van der Waals surface area contributed by atoms with Gasteiger partial charge in [-0.05, 0) is 26.2 Å². The van der Waals surface area contributed by atoms with Gasteiger partial charge in [0.1, 0.15) is 11.9 Å². The Morgan fingerprint density at radius 1 is 0.724 bits per heavy atom. The van der Waals surface area contributed by atoms with Crippen LogP contribution in [-0.4, -0.2) is 51.5 Å². The number of carboxylic acid groups (broad SMARTS) is 1. The van der Waals surface area contributed by atoms with Crippen molar-refractivity contribution in [2.75, 3.05) is 13.2 Å². The van der Waals surface area contributed by atoms with Gasteiger partial charge in [-0.3, -0.25) is 9.59 Å². The second-order valence-electron chi connectivity index (χ2n) is 7.94. The first kappa shape index (κ1) is 30.2. The molecule has 0 saturated carbocycles. The molecule has 0 bridgehead atoms. The zero-order valence-corrected chi connectivity index (χ0v) is 18.8. The number of aliphatic carboxylic acids is 1. The third kappa shape index (κ3) is 25.0. The van der Waals surface area contributed by atoms with Crippen molar-refractivity contribution in [2.45, 2.75) is 116 Å². The zero-order chi connectivity index (χ0) is 22.3. The van der Waals surface area contributed by atoms with Crippen LogP contribution >= 0.6 is 0 Å². The van der Waals surface area contributed by atoms with Gasteiger partial charge in [0.2, 0.25) is 0 Å². The van der Waals surface area contributed by atoms with E-state index in [0.717, 1.165) is 32.1 Å². The number of aliphatic hydroxyl groups excluding tert-OH is 3. The van der Waals surface area contributed by atoms with E-state index in [0.29, 0.717) is 18.1 Å². The normalized spacial score (nSPS) is 11.8. The fourth-order valence-corrected chi connectivity index (χ4v) is 3.15. The maximum absolute atomic E-state index is 11.7. The van der Waals surface area contributed by atoms with Crippen LogP contribution in [0.1, 0.15) is 110 Å². The molecule has 29 heavy (non-hydrogen) atoms. The Morgan fingerprint density at radius 3 is 1.48 bits per heavy atom. The average Bonchev–Trinajstić information content (AvgIpc) is 2.70. The topological polar surface area (TPSA) is 115 Å². The van der Waals surface area contributed by atoms with E-state index in [1.165, 1.54) is 57.8 Å². The molecule has 0 saturated heterocycles. The van der Waals surface area contributed by atoms with E-state index in [9.17, 15) is 9.59 Å². The molecule has 0 spiro atoms. The summed E-state index contributed by atoms with van der Waals surface area (Å²) in [5.41, 5.74) is 0. The van der Waals surface area contributed by atoms with Gasteiger partial charge in [0.05, 0.1) is 13.2 Å². The second kappa shape index (κ2) is 23.3. The highest BCUT2D eigenvalue weighted by Crippen LogP contribution is 2.19. The number of hydrogen-bond donors (Lipinski definition) is 4. The lowest BCUT2D eigenvalue weighted by atomic mass is 9.91. The van der Waals surface area contributed by atoms with Crippen LogP contribution in [0.15, 0.2) is 0 Å². The summed E-state index contributed by atoms with van der Waals surface area (Å²) in [6, 6.07) is 0. The number of carboxylic acids is 1. The Bertz CT molecular complexity index is 368. The van der Waals surface area contributed by atoms with Crippen molar-refractivity contribution in [3.05, 3.63) is 0 Å². The van der Waals surface area contributed by atoms with Crippen molar-refractivity contribution in [1.29, 1.82) is 0 Å². The van der Waals surface area contributed by atoms with E-state index in [1.54, 1.807) is 6.92 Å². The van der Waals surface area contributed by atoms with E-state index in [2.05, 4.69) is 6.92 Å². The molecular weight excluding hydrogens is 372 g/mol. The number of hydrogen-bond acceptors (Lipinski definition) is 5. The van der Waals surface area contributed by atoms with Crippen molar-refractivity contribution < 1.29 is 30.0 Å². The molecule has 0 aliphatic carbocycles. The monoisotopic (exact) mass is 418 g/mol. The summed E-state index contributed by atoms with van der Waals surface area (Å²) in [5, 5.41) is 32.6. The van der Waals surface area contributed by atoms with Crippen molar-refractivity contribution >= 4 is 11.8 Å². The standard InChI is InChI=1S/C20H38O3.C3H8O3/c1-3-4-5-12-15-19(18(2)21)16-13-10-8-6-7-9-11-14-17-20(22)23;4-1-3(6)2-5/h19H,3-17H2,1-2H3,(H,22,23);3-6H,1-2H2. The molecule has 0 amide bonds. The van der Waals surface area contributed by atoms with Crippen molar-refractivity contribution in [1.82, 2.24) is 0 Å². The van der Waals surface area contributed by atoms with Gasteiger partial charge in [-0.25, -0.2) is 0 Å². The van der Waals surface area contributed by atoms with Crippen molar-refractivity contribution in [3.63, 3.8) is 0 Å². The lowest BCUT2D eigenvalue weighted by Gasteiger charge is -2.13. The molecule has 174 valence electrons. The van der Waals surface area contributed by atoms with E-state index < -0.39 is 12.1 Å². The predicted molar refractivity (Wildman–Crippen MR) is 117 cm³/mol. The number of carbonyl (C=O) groups excluding carboxylic acids is 1. The van der Waals surface area contributed by atoms with E-state index in [4.69, 9.17) is 20.4 Å². The smallest absolute Gasteiger partial charge is 0.303 e. The molecule has 0 aromatic rings. The minimum absolute atomic E-state index is 0.294. The first-order chi connectivity index (χ1) is 13.9. The number of Topliss-reactive ketones (excluding diaryl/α,β-unsaturated/α-hetero) is 1. The van der Waals surface area contributed by atoms with Gasteiger partial charge in [0.25, 0.3) is 0 Å². The lowest BCUT2D eigenvalue weighted by molar-refractivity contribution is -0.137. The summed E-state index contributed by atoms with van der Waals surface area (Å²) in [5.74, 6) is -0.0116. The molecule has 1 unspecified atom stereocenters. The summed E-state index contributed by atoms with van der Waals surface area (Å²) >= 11 is 0. The Labute approximate surface area is 177 Å². The first-order valence-corrected chi connectivity index (χ1v) is 11.5. The molecule has 0 aromatic heterocycles. The van der Waals surface area contributed by atoms with Gasteiger partial charge in [0, 0.05) is 12.3 Å². The molecule has 0 fully saturated rings. The highest BCUT2D eigenvalue weighted by atomic mass is 16.4. The minimum Gasteiger partial charge on any atom is -0.481 e. The number of unbranched alkanes of at least 4 members (excludes halogenated alkanes) is 10. The summed E-state index contributed by atoms with van der Waals surface area (Å²) < 4.78 is 0. The quantitative estimate of drug-likeness (QED) is 0.230. The molecule has 6 heteroatoms. The summed E-state index contributed by atoms with van der Waals surface area (Å²) in [6.07, 6.45) is 15.6. The molecule has 4 N–H and O–H groups in total. The van der Waals surface area contributed by atoms with Gasteiger partial charge in [-0.2, -0.15) is 0 Å². The third-order valence-electron chi connectivity index (χ3n) is 5.10. The zero-order valence-electron chi connectivity index (χ0n) is 18.8. The lowest BCUT2D eigenvalue weighted by Crippen LogP contribution is -2.15. The molecular formula is C23H46O6. The number of ketones is 1. The highest BCUT2D eigenvalue weighted by molar-refractivity contribution is 5.78. The molecule has 0 aliphatic heterocycles. The minimum atomic E-state index is -0.954. The van der Waals surface area contributed by atoms with Crippen molar-refractivity contribution in [2.24, 2.45) is 5.92 Å². The van der Waals surface area contributed by atoms with Gasteiger partial charge in [-0.1, -0.05) is 77.6 Å². The van der Waals surface area contributed by atoms with Crippen LogP contribution in [0, 0.1) is 5.92 Å². The molecule has 0 radical (unpaired) electrons. The van der Waals surface area contributed by atoms with Crippen LogP contribution in [0.25, 0.3) is 0 Å². The van der Waals surface area contributed by atoms with Gasteiger partial charge in [-0.15, -0.1) is 0 Å². The summed E-state index contributed by atoms with van der Waals surface area (Å²) in [6.45, 7) is 3.24. The Hall–Kier alpha value is -0.980. The Balaban J connectivity index is 0. The van der Waals surface area contributed by atoms with Crippen LogP contribution in [-0.2, 0) is 9.59 Å². The van der Waals surface area contributed by atoms with E-state index in [1.807, 2.05) is 0 Å². The third-order valence-corrected chi connectivity index (χ3v) is 5.10. The molecule has 6 nitrogen and oxygen atoms in total. The van der Waals surface area contributed by atoms with Crippen LogP contribution in [0.5, 0.6) is 0 Å². The van der Waals surface area contributed by atoms with Crippen molar-refractivity contribution in [3.8, 4) is 0 Å². The average molecular weight is 419 g/mol. The Kier molecular flexibility index (Phi) is 24.3. The second-order valence-corrected chi connectivity index (χ2v) is 7.94. The fraction of sp³-hybridized carbons (Fsp3) is 0.913. The predicted octanol–water partition coefficient (Wildman–Crippen LogP) is 4.48. The van der Waals surface area contributed by atoms with Crippen LogP contribution in [0.2, 0.25) is 0 Å². The van der Waals surface area contributed by atoms with Gasteiger partial charge in [0.15, 0.2) is 0 Å². The first-order valence-electron chi connectivity index (χ1n) is 11.5. The molecule has 0 aromatic carbocycles. The van der Waals surface area contributed by atoms with Crippen LogP contribution < -0.4 is 0 Å². The van der Waals surface area contributed by atoms with Gasteiger partial charge >= 0.3 is 5.97 Å². The van der Waals surface area contributed by atoms with Gasteiger partial charge < -0.3 is 20.4 Å². The van der Waals surface area contributed by atoms with Crippen LogP contribution in [0.3, 0.4) is 0 Å². The maximum atomic E-state index is 11.7. The highest BCUT2D eigenvalue weighted by Gasteiger charge is 2.13. The number of rotatable bonds is 19. The maximum Gasteiger partial charge on any atom is 0.303 e. The molecule has 1 atom stereocenters.